The average Bonchev–Trinajstić information content (AvgIpc) is 2.87. The molecule has 0 saturated heterocycles. The number of thiocarbonyl (C=S) groups is 1. The molecule has 0 aliphatic rings. The van der Waals surface area contributed by atoms with E-state index in [1.807, 2.05) is 78.8 Å². The molecule has 0 bridgehead atoms. The molecule has 11 heteroatoms. The van der Waals surface area contributed by atoms with E-state index < -0.39 is 44.8 Å². The molecule has 0 heterocycles. The molecule has 1 unspecified atom stereocenters. The van der Waals surface area contributed by atoms with Gasteiger partial charge in [0.15, 0.2) is 0 Å². The molecule has 0 spiro atoms. The summed E-state index contributed by atoms with van der Waals surface area (Å²) in [6.07, 6.45) is 0.411. The Kier molecular flexibility index (Phi) is 13.6. The van der Waals surface area contributed by atoms with Crippen LogP contribution < -0.4 is 15.4 Å². The van der Waals surface area contributed by atoms with Crippen molar-refractivity contribution in [1.82, 2.24) is 20.3 Å². The fraction of sp³-hybridized carbons (Fsp3) is 0.667. The van der Waals surface area contributed by atoms with Crippen molar-refractivity contribution < 1.29 is 22.8 Å². The lowest BCUT2D eigenvalue weighted by Crippen LogP contribution is -2.61. The minimum atomic E-state index is -3.80. The number of carbonyl (C=O) groups excluding carboxylic acids is 3. The smallest absolute Gasteiger partial charge is 0.245 e. The first-order chi connectivity index (χ1) is 18.8. The number of amides is 3. The minimum Gasteiger partial charge on any atom is -0.342 e. The summed E-state index contributed by atoms with van der Waals surface area (Å²) in [6, 6.07) is 7.90. The number of nitrogens with one attached hydrogen (secondary N) is 3. The Hall–Kier alpha value is -2.37. The zero-order chi connectivity index (χ0) is 31.8. The average molecular weight is 611 g/mol. The van der Waals surface area contributed by atoms with Gasteiger partial charge in [0.05, 0.1) is 11.8 Å². The van der Waals surface area contributed by atoms with Crippen LogP contribution in [0.2, 0.25) is 0 Å². The molecule has 1 aromatic rings. The van der Waals surface area contributed by atoms with Gasteiger partial charge in [-0.15, -0.1) is 0 Å². The monoisotopic (exact) mass is 610 g/mol. The molecule has 0 aromatic heterocycles. The van der Waals surface area contributed by atoms with E-state index in [9.17, 15) is 22.8 Å². The molecule has 0 fully saturated rings. The van der Waals surface area contributed by atoms with Crippen LogP contribution in [-0.2, 0) is 29.8 Å². The third-order valence-corrected chi connectivity index (χ3v) is 9.13. The van der Waals surface area contributed by atoms with Crippen LogP contribution in [-0.4, -0.2) is 74.4 Å². The van der Waals surface area contributed by atoms with Crippen molar-refractivity contribution in [3.8, 4) is 0 Å². The van der Waals surface area contributed by atoms with E-state index in [2.05, 4.69) is 27.6 Å². The molecule has 41 heavy (non-hydrogen) atoms. The molecule has 0 aliphatic heterocycles. The topological polar surface area (TPSA) is 125 Å². The van der Waals surface area contributed by atoms with E-state index in [0.29, 0.717) is 0 Å². The summed E-state index contributed by atoms with van der Waals surface area (Å²) in [6.45, 7) is 15.2. The van der Waals surface area contributed by atoms with Gasteiger partial charge in [0, 0.05) is 24.4 Å². The van der Waals surface area contributed by atoms with E-state index in [0.717, 1.165) is 5.56 Å². The second-order valence-electron chi connectivity index (χ2n) is 12.8. The highest BCUT2D eigenvalue weighted by Gasteiger charge is 2.42. The molecule has 9 nitrogen and oxygen atoms in total. The van der Waals surface area contributed by atoms with Crippen LogP contribution in [0, 0.1) is 17.3 Å². The van der Waals surface area contributed by atoms with E-state index >= 15 is 0 Å². The van der Waals surface area contributed by atoms with Crippen LogP contribution >= 0.6 is 12.2 Å². The third-order valence-electron chi connectivity index (χ3n) is 7.61. The lowest BCUT2D eigenvalue weighted by atomic mass is 9.76. The second-order valence-corrected chi connectivity index (χ2v) is 14.9. The number of benzene rings is 1. The number of likely N-dealkylation sites (N-methyl/N-ethyl adjacent to an activating group) is 2. The quantitative estimate of drug-likeness (QED) is 0.260. The van der Waals surface area contributed by atoms with Gasteiger partial charge >= 0.3 is 0 Å². The first-order valence-electron chi connectivity index (χ1n) is 14.1. The van der Waals surface area contributed by atoms with Crippen molar-refractivity contribution in [2.45, 2.75) is 91.8 Å². The number of nitrogens with zero attached hydrogens (tertiary/aromatic N) is 1. The predicted molar refractivity (Wildman–Crippen MR) is 169 cm³/mol. The van der Waals surface area contributed by atoms with Gasteiger partial charge in [-0.3, -0.25) is 19.1 Å². The van der Waals surface area contributed by atoms with Gasteiger partial charge in [-0.2, -0.15) is 0 Å². The van der Waals surface area contributed by atoms with Crippen LogP contribution in [0.4, 0.5) is 0 Å². The molecule has 232 valence electrons. The van der Waals surface area contributed by atoms with Gasteiger partial charge in [-0.25, -0.2) is 8.42 Å². The summed E-state index contributed by atoms with van der Waals surface area (Å²) in [5.41, 5.74) is -0.192. The minimum absolute atomic E-state index is 0.0380. The number of rotatable bonds is 15. The molecule has 0 saturated carbocycles. The lowest BCUT2D eigenvalue weighted by molar-refractivity contribution is -0.142. The highest BCUT2D eigenvalue weighted by atomic mass is 32.2. The van der Waals surface area contributed by atoms with Crippen molar-refractivity contribution >= 4 is 45.3 Å². The molecule has 0 radical (unpaired) electrons. The first-order valence-corrected chi connectivity index (χ1v) is 16.2. The first kappa shape index (κ1) is 36.7. The number of hydrogen-bond donors (Lipinski definition) is 3. The van der Waals surface area contributed by atoms with Crippen LogP contribution in [0.25, 0.3) is 0 Å². The number of sulfonamides is 1. The van der Waals surface area contributed by atoms with Gasteiger partial charge in [-0.1, -0.05) is 97.9 Å². The van der Waals surface area contributed by atoms with Crippen LogP contribution in [0.1, 0.15) is 73.8 Å². The van der Waals surface area contributed by atoms with Crippen molar-refractivity contribution in [2.75, 3.05) is 19.8 Å². The van der Waals surface area contributed by atoms with Crippen molar-refractivity contribution in [3.05, 3.63) is 35.9 Å². The highest BCUT2D eigenvalue weighted by molar-refractivity contribution is 7.90. The van der Waals surface area contributed by atoms with Crippen LogP contribution in [0.15, 0.2) is 30.3 Å². The van der Waals surface area contributed by atoms with E-state index in [1.54, 1.807) is 25.9 Å². The fourth-order valence-corrected chi connectivity index (χ4v) is 6.26. The lowest BCUT2D eigenvalue weighted by Gasteiger charge is -2.40. The van der Waals surface area contributed by atoms with Crippen molar-refractivity contribution in [2.24, 2.45) is 17.3 Å². The molecule has 4 atom stereocenters. The maximum absolute atomic E-state index is 14.0. The van der Waals surface area contributed by atoms with Crippen LogP contribution in [0.3, 0.4) is 0 Å². The summed E-state index contributed by atoms with van der Waals surface area (Å²) in [5, 5.41) is 7.47. The third kappa shape index (κ3) is 10.4. The Bertz CT molecular complexity index is 1150. The second kappa shape index (κ2) is 15.2. The zero-order valence-corrected chi connectivity index (χ0v) is 27.9. The van der Waals surface area contributed by atoms with Crippen molar-refractivity contribution in [3.63, 3.8) is 0 Å². The zero-order valence-electron chi connectivity index (χ0n) is 26.3. The maximum atomic E-state index is 14.0. The van der Waals surface area contributed by atoms with Gasteiger partial charge in [0.2, 0.25) is 27.7 Å². The van der Waals surface area contributed by atoms with Gasteiger partial charge in [0.1, 0.15) is 6.04 Å². The standard InChI is InChI=1S/C30H50N4O5S2/c1-20(2)23(19-21(3)26(35)33-41(38,39)18-14-17-40)34(10)28(37)25(29(4,5)6)32-27(36)24(31-9)30(7,8)22-15-12-11-13-16-22/h11-13,15-17,20-21,23-25,31H,14,18-19H2,1-10H3,(H,32,36)(H,33,35)/t21?,23-,24-,25-/m1/s1. The Morgan fingerprint density at radius 2 is 1.54 bits per heavy atom. The Morgan fingerprint density at radius 3 is 2.00 bits per heavy atom. The molecule has 1 aromatic carbocycles. The van der Waals surface area contributed by atoms with Gasteiger partial charge in [-0.05, 0) is 42.2 Å². The molecular formula is C30H50N4O5S2. The Balaban J connectivity index is 3.18. The molecule has 1 rings (SSSR count). The Morgan fingerprint density at radius 1 is 0.976 bits per heavy atom. The summed E-state index contributed by atoms with van der Waals surface area (Å²) >= 11 is 4.69. The van der Waals surface area contributed by atoms with E-state index in [1.165, 1.54) is 5.37 Å². The molecule has 0 aliphatic carbocycles. The van der Waals surface area contributed by atoms with Crippen LogP contribution in [0.5, 0.6) is 0 Å². The summed E-state index contributed by atoms with van der Waals surface area (Å²) < 4.78 is 26.5. The SMILES string of the molecule is CN[C@H](C(=O)N[C@H](C(=O)N(C)[C@H](CC(C)C(=O)NS(=O)(=O)CCC=S)C(C)C)C(C)(C)C)C(C)(C)c1ccccc1. The van der Waals surface area contributed by atoms with Gasteiger partial charge < -0.3 is 15.5 Å². The number of carbonyl (C=O) groups is 3. The maximum Gasteiger partial charge on any atom is 0.245 e. The molecule has 3 N–H and O–H groups in total. The Labute approximate surface area is 252 Å². The molecule has 3 amide bonds. The van der Waals surface area contributed by atoms with Gasteiger partial charge in [0.25, 0.3) is 0 Å². The van der Waals surface area contributed by atoms with Crippen molar-refractivity contribution in [1.29, 1.82) is 0 Å². The normalized spacial score (nSPS) is 15.4. The number of hydrogen-bond acceptors (Lipinski definition) is 7. The summed E-state index contributed by atoms with van der Waals surface area (Å²) in [7, 11) is -0.405. The largest absolute Gasteiger partial charge is 0.342 e. The predicted octanol–water partition coefficient (Wildman–Crippen LogP) is 3.43. The van der Waals surface area contributed by atoms with E-state index in [4.69, 9.17) is 0 Å². The summed E-state index contributed by atoms with van der Waals surface area (Å²) in [5.74, 6) is -2.17. The highest BCUT2D eigenvalue weighted by Crippen LogP contribution is 2.29. The molecular weight excluding hydrogens is 560 g/mol. The van der Waals surface area contributed by atoms with E-state index in [-0.39, 0.29) is 42.4 Å². The fourth-order valence-electron chi connectivity index (χ4n) is 4.95. The summed E-state index contributed by atoms with van der Waals surface area (Å²) in [4.78, 5) is 42.0.